The Morgan fingerprint density at radius 3 is 2.21 bits per heavy atom. The van der Waals surface area contributed by atoms with Crippen LogP contribution >= 0.6 is 0 Å². The topological polar surface area (TPSA) is 116 Å². The fraction of sp³-hybridized carbons (Fsp3) is 0.375. The fourth-order valence-electron chi connectivity index (χ4n) is 1.81. The molecule has 0 aliphatic heterocycles. The average Bonchev–Trinajstić information content (AvgIpc) is 2.53. The summed E-state index contributed by atoms with van der Waals surface area (Å²) in [5, 5.41) is 13.4. The van der Waals surface area contributed by atoms with Gasteiger partial charge in [0.25, 0.3) is 5.91 Å². The molecular formula is C16H21N3O5. The molecule has 130 valence electrons. The number of anilines is 1. The number of carbonyl (C=O) groups excluding carboxylic acids is 3. The van der Waals surface area contributed by atoms with Gasteiger partial charge in [0.05, 0.1) is 0 Å². The maximum Gasteiger partial charge on any atom is 0.322 e. The van der Waals surface area contributed by atoms with Crippen molar-refractivity contribution in [1.29, 1.82) is 0 Å². The van der Waals surface area contributed by atoms with E-state index in [2.05, 4.69) is 10.6 Å². The molecule has 8 nitrogen and oxygen atoms in total. The number of carbonyl (C=O) groups is 4. The van der Waals surface area contributed by atoms with E-state index in [0.717, 1.165) is 0 Å². The fourth-order valence-corrected chi connectivity index (χ4v) is 1.81. The first-order valence-electron chi connectivity index (χ1n) is 7.39. The van der Waals surface area contributed by atoms with Crippen molar-refractivity contribution in [3.63, 3.8) is 0 Å². The van der Waals surface area contributed by atoms with Crippen LogP contribution in [0.4, 0.5) is 5.69 Å². The predicted molar refractivity (Wildman–Crippen MR) is 87.6 cm³/mol. The highest BCUT2D eigenvalue weighted by Crippen LogP contribution is 2.11. The number of carboxylic acid groups (broad SMARTS) is 1. The van der Waals surface area contributed by atoms with Crippen LogP contribution in [0, 0.1) is 0 Å². The zero-order chi connectivity index (χ0) is 18.1. The summed E-state index contributed by atoms with van der Waals surface area (Å²) in [5.41, 5.74) is 0.819. The van der Waals surface area contributed by atoms with Crippen molar-refractivity contribution >= 4 is 29.4 Å². The summed E-state index contributed by atoms with van der Waals surface area (Å²) < 4.78 is 0. The monoisotopic (exact) mass is 335 g/mol. The summed E-state index contributed by atoms with van der Waals surface area (Å²) >= 11 is 0. The molecule has 0 bridgehead atoms. The number of benzene rings is 1. The molecular weight excluding hydrogens is 314 g/mol. The zero-order valence-electron chi connectivity index (χ0n) is 13.7. The van der Waals surface area contributed by atoms with E-state index in [-0.39, 0.29) is 18.2 Å². The molecule has 1 aromatic rings. The standard InChI is InChI=1S/C16H21N3O5/c1-19(2)14(21)5-3-4-13(20)18-12-8-6-11(7-9-12)16(24)17-10-15(22)23/h6-9H,3-5,10H2,1-2H3,(H,17,24)(H,18,20)(H,22,23). The van der Waals surface area contributed by atoms with Gasteiger partial charge in [-0.2, -0.15) is 0 Å². The molecule has 0 aromatic heterocycles. The number of hydrogen-bond donors (Lipinski definition) is 3. The summed E-state index contributed by atoms with van der Waals surface area (Å²) in [6.07, 6.45) is 0.988. The Morgan fingerprint density at radius 2 is 1.67 bits per heavy atom. The summed E-state index contributed by atoms with van der Waals surface area (Å²) in [6.45, 7) is -0.455. The Balaban J connectivity index is 2.43. The SMILES string of the molecule is CN(C)C(=O)CCCC(=O)Nc1ccc(C(=O)NCC(=O)O)cc1. The molecule has 3 amide bonds. The van der Waals surface area contributed by atoms with Crippen molar-refractivity contribution in [2.45, 2.75) is 19.3 Å². The summed E-state index contributed by atoms with van der Waals surface area (Å²) in [4.78, 5) is 46.7. The summed E-state index contributed by atoms with van der Waals surface area (Å²) in [5.74, 6) is -1.87. The van der Waals surface area contributed by atoms with Gasteiger partial charge >= 0.3 is 5.97 Å². The lowest BCUT2D eigenvalue weighted by atomic mass is 10.1. The number of hydrogen-bond acceptors (Lipinski definition) is 4. The number of nitrogens with zero attached hydrogens (tertiary/aromatic N) is 1. The lowest BCUT2D eigenvalue weighted by molar-refractivity contribution is -0.135. The summed E-state index contributed by atoms with van der Waals surface area (Å²) in [7, 11) is 3.33. The number of rotatable bonds is 8. The smallest absolute Gasteiger partial charge is 0.322 e. The van der Waals surface area contributed by atoms with E-state index >= 15 is 0 Å². The van der Waals surface area contributed by atoms with Gasteiger partial charge in [-0.15, -0.1) is 0 Å². The molecule has 0 fully saturated rings. The molecule has 0 saturated heterocycles. The summed E-state index contributed by atoms with van der Waals surface area (Å²) in [6, 6.07) is 6.09. The van der Waals surface area contributed by atoms with E-state index in [1.54, 1.807) is 26.2 Å². The average molecular weight is 335 g/mol. The van der Waals surface area contributed by atoms with E-state index in [4.69, 9.17) is 5.11 Å². The molecule has 0 radical (unpaired) electrons. The van der Waals surface area contributed by atoms with Crippen LogP contribution in [0.25, 0.3) is 0 Å². The molecule has 0 heterocycles. The first-order valence-corrected chi connectivity index (χ1v) is 7.39. The van der Waals surface area contributed by atoms with E-state index in [1.807, 2.05) is 0 Å². The van der Waals surface area contributed by atoms with Crippen LogP contribution in [0.1, 0.15) is 29.6 Å². The van der Waals surface area contributed by atoms with Gasteiger partial charge in [0.2, 0.25) is 11.8 Å². The van der Waals surface area contributed by atoms with E-state index in [0.29, 0.717) is 24.1 Å². The van der Waals surface area contributed by atoms with Gasteiger partial charge in [0, 0.05) is 38.2 Å². The minimum Gasteiger partial charge on any atom is -0.480 e. The van der Waals surface area contributed by atoms with Crippen molar-refractivity contribution in [3.05, 3.63) is 29.8 Å². The highest BCUT2D eigenvalue weighted by molar-refractivity contribution is 5.97. The molecule has 1 aromatic carbocycles. The Hall–Kier alpha value is -2.90. The Kier molecular flexibility index (Phi) is 7.41. The van der Waals surface area contributed by atoms with E-state index in [9.17, 15) is 19.2 Å². The normalized spacial score (nSPS) is 9.92. The minimum atomic E-state index is -1.13. The van der Waals surface area contributed by atoms with Crippen LogP contribution in [-0.2, 0) is 14.4 Å². The Morgan fingerprint density at radius 1 is 1.04 bits per heavy atom. The molecule has 0 aliphatic rings. The molecule has 8 heteroatoms. The lowest BCUT2D eigenvalue weighted by Crippen LogP contribution is -2.29. The largest absolute Gasteiger partial charge is 0.480 e. The van der Waals surface area contributed by atoms with Crippen molar-refractivity contribution in [2.24, 2.45) is 0 Å². The van der Waals surface area contributed by atoms with Crippen molar-refractivity contribution in [2.75, 3.05) is 26.0 Å². The van der Waals surface area contributed by atoms with Gasteiger partial charge in [0.15, 0.2) is 0 Å². The van der Waals surface area contributed by atoms with Crippen molar-refractivity contribution in [3.8, 4) is 0 Å². The number of carboxylic acids is 1. The van der Waals surface area contributed by atoms with Gasteiger partial charge in [-0.3, -0.25) is 19.2 Å². The predicted octanol–water partition coefficient (Wildman–Crippen LogP) is 0.698. The lowest BCUT2D eigenvalue weighted by Gasteiger charge is -2.10. The third-order valence-corrected chi connectivity index (χ3v) is 3.12. The minimum absolute atomic E-state index is 0.0282. The molecule has 1 rings (SSSR count). The Labute approximate surface area is 139 Å². The maximum atomic E-state index is 11.8. The second kappa shape index (κ2) is 9.29. The highest BCUT2D eigenvalue weighted by atomic mass is 16.4. The van der Waals surface area contributed by atoms with Crippen LogP contribution in [-0.4, -0.2) is 54.3 Å². The molecule has 0 spiro atoms. The van der Waals surface area contributed by atoms with Gasteiger partial charge in [-0.05, 0) is 30.7 Å². The van der Waals surface area contributed by atoms with Crippen LogP contribution in [0.2, 0.25) is 0 Å². The van der Waals surface area contributed by atoms with Crippen LogP contribution in [0.3, 0.4) is 0 Å². The van der Waals surface area contributed by atoms with Crippen LogP contribution in [0.5, 0.6) is 0 Å². The van der Waals surface area contributed by atoms with Crippen LogP contribution in [0.15, 0.2) is 24.3 Å². The van der Waals surface area contributed by atoms with Gasteiger partial charge in [-0.1, -0.05) is 0 Å². The quantitative estimate of drug-likeness (QED) is 0.647. The number of amides is 3. The molecule has 0 atom stereocenters. The third-order valence-electron chi connectivity index (χ3n) is 3.12. The zero-order valence-corrected chi connectivity index (χ0v) is 13.7. The van der Waals surface area contributed by atoms with Gasteiger partial charge in [-0.25, -0.2) is 0 Å². The Bertz CT molecular complexity index is 611. The third kappa shape index (κ3) is 6.91. The van der Waals surface area contributed by atoms with Crippen LogP contribution < -0.4 is 10.6 Å². The first-order chi connectivity index (χ1) is 11.3. The van der Waals surface area contributed by atoms with Crippen molar-refractivity contribution in [1.82, 2.24) is 10.2 Å². The van der Waals surface area contributed by atoms with Gasteiger partial charge in [0.1, 0.15) is 6.54 Å². The van der Waals surface area contributed by atoms with E-state index in [1.165, 1.54) is 17.0 Å². The second-order valence-corrected chi connectivity index (χ2v) is 5.34. The molecule has 3 N–H and O–H groups in total. The van der Waals surface area contributed by atoms with Crippen molar-refractivity contribution < 1.29 is 24.3 Å². The first kappa shape index (κ1) is 19.1. The maximum absolute atomic E-state index is 11.8. The second-order valence-electron chi connectivity index (χ2n) is 5.34. The van der Waals surface area contributed by atoms with E-state index < -0.39 is 18.4 Å². The highest BCUT2D eigenvalue weighted by Gasteiger charge is 2.09. The molecule has 24 heavy (non-hydrogen) atoms. The molecule has 0 unspecified atom stereocenters. The molecule has 0 aliphatic carbocycles. The molecule has 0 saturated carbocycles. The number of nitrogens with one attached hydrogen (secondary N) is 2. The van der Waals surface area contributed by atoms with Gasteiger partial charge < -0.3 is 20.6 Å². The number of aliphatic carboxylic acids is 1.